The molecule has 0 saturated carbocycles. The molecular formula is C20H20F6N4O2. The first-order chi connectivity index (χ1) is 14.8. The van der Waals surface area contributed by atoms with Gasteiger partial charge in [0.2, 0.25) is 0 Å². The summed E-state index contributed by atoms with van der Waals surface area (Å²) in [6.45, 7) is 3.68. The fourth-order valence-corrected chi connectivity index (χ4v) is 2.74. The van der Waals surface area contributed by atoms with Gasteiger partial charge in [0.25, 0.3) is 11.8 Å². The molecule has 2 aromatic rings. The third-order valence-corrected chi connectivity index (χ3v) is 4.37. The van der Waals surface area contributed by atoms with Crippen molar-refractivity contribution < 1.29 is 35.9 Å². The van der Waals surface area contributed by atoms with Gasteiger partial charge in [-0.05, 0) is 31.5 Å². The number of benzene rings is 1. The number of hydrogen-bond acceptors (Lipinski definition) is 4. The van der Waals surface area contributed by atoms with Gasteiger partial charge in [-0.3, -0.25) is 14.6 Å². The van der Waals surface area contributed by atoms with Crippen LogP contribution in [0.1, 0.15) is 70.4 Å². The molecule has 0 aliphatic rings. The number of aromatic nitrogens is 2. The molecule has 1 aromatic carbocycles. The minimum absolute atomic E-state index is 0.0119. The van der Waals surface area contributed by atoms with Gasteiger partial charge in [0, 0.05) is 24.5 Å². The lowest BCUT2D eigenvalue weighted by Gasteiger charge is -2.18. The number of nitrogens with zero attached hydrogens (tertiary/aromatic N) is 2. The highest BCUT2D eigenvalue weighted by molar-refractivity contribution is 5.96. The Morgan fingerprint density at radius 3 is 2.03 bits per heavy atom. The van der Waals surface area contributed by atoms with Crippen LogP contribution in [-0.2, 0) is 12.4 Å². The van der Waals surface area contributed by atoms with Crippen LogP contribution in [0.5, 0.6) is 0 Å². The average molecular weight is 462 g/mol. The van der Waals surface area contributed by atoms with E-state index in [-0.39, 0.29) is 17.5 Å². The van der Waals surface area contributed by atoms with Gasteiger partial charge in [-0.2, -0.15) is 26.3 Å². The maximum absolute atomic E-state index is 13.0. The number of halogens is 6. The molecule has 0 radical (unpaired) electrons. The molecule has 1 unspecified atom stereocenters. The molecule has 174 valence electrons. The van der Waals surface area contributed by atoms with E-state index < -0.39 is 46.9 Å². The molecule has 6 nitrogen and oxygen atoms in total. The molecular weight excluding hydrogens is 442 g/mol. The number of carbonyl (C=O) groups is 2. The van der Waals surface area contributed by atoms with Gasteiger partial charge in [0.15, 0.2) is 5.69 Å². The number of alkyl halides is 6. The minimum Gasteiger partial charge on any atom is -0.351 e. The lowest BCUT2D eigenvalue weighted by atomic mass is 10.0. The number of amides is 2. The Balaban J connectivity index is 2.31. The van der Waals surface area contributed by atoms with Crippen molar-refractivity contribution in [3.05, 3.63) is 58.7 Å². The van der Waals surface area contributed by atoms with Crippen molar-refractivity contribution in [2.24, 2.45) is 0 Å². The van der Waals surface area contributed by atoms with E-state index in [2.05, 4.69) is 20.6 Å². The summed E-state index contributed by atoms with van der Waals surface area (Å²) >= 11 is 0. The summed E-state index contributed by atoms with van der Waals surface area (Å²) < 4.78 is 78.2. The Morgan fingerprint density at radius 1 is 0.938 bits per heavy atom. The summed E-state index contributed by atoms with van der Waals surface area (Å²) in [4.78, 5) is 32.7. The van der Waals surface area contributed by atoms with Gasteiger partial charge in [-0.1, -0.05) is 13.3 Å². The Labute approximate surface area is 179 Å². The average Bonchev–Trinajstić information content (AvgIpc) is 2.72. The second-order valence-corrected chi connectivity index (χ2v) is 6.89. The first-order valence-corrected chi connectivity index (χ1v) is 9.54. The molecule has 32 heavy (non-hydrogen) atoms. The fraction of sp³-hybridized carbons (Fsp3) is 0.400. The van der Waals surface area contributed by atoms with Crippen LogP contribution in [0.4, 0.5) is 26.3 Å². The van der Waals surface area contributed by atoms with Crippen molar-refractivity contribution in [2.75, 3.05) is 6.54 Å². The van der Waals surface area contributed by atoms with Crippen molar-refractivity contribution in [2.45, 2.75) is 45.1 Å². The zero-order valence-corrected chi connectivity index (χ0v) is 17.1. The molecule has 0 spiro atoms. The van der Waals surface area contributed by atoms with E-state index in [1.807, 2.05) is 6.92 Å². The molecule has 0 saturated heterocycles. The van der Waals surface area contributed by atoms with Gasteiger partial charge in [0.1, 0.15) is 0 Å². The van der Waals surface area contributed by atoms with Crippen molar-refractivity contribution in [1.29, 1.82) is 0 Å². The largest absolute Gasteiger partial charge is 0.416 e. The second-order valence-electron chi connectivity index (χ2n) is 6.89. The minimum atomic E-state index is -5.09. The molecule has 2 amide bonds. The van der Waals surface area contributed by atoms with E-state index in [0.29, 0.717) is 25.1 Å². The standard InChI is InChI=1S/C20H20F6N4O2/c1-3-4-5-29-18(32)16-15(27-6-7-28-16)11(2)30-17(31)12-8-13(19(21,22)23)10-14(9-12)20(24,25)26/h6-11H,3-5H2,1-2H3,(H,29,32)(H,30,31). The maximum atomic E-state index is 13.0. The molecule has 0 aliphatic carbocycles. The zero-order valence-electron chi connectivity index (χ0n) is 17.1. The summed E-state index contributed by atoms with van der Waals surface area (Å²) in [6, 6.07) is -0.452. The normalized spacial score (nSPS) is 12.9. The molecule has 1 aromatic heterocycles. The third kappa shape index (κ3) is 6.41. The Kier molecular flexibility index (Phi) is 7.81. The number of hydrogen-bond donors (Lipinski definition) is 2. The van der Waals surface area contributed by atoms with Gasteiger partial charge in [-0.15, -0.1) is 0 Å². The van der Waals surface area contributed by atoms with Crippen molar-refractivity contribution in [1.82, 2.24) is 20.6 Å². The second kappa shape index (κ2) is 9.96. The molecule has 0 fully saturated rings. The van der Waals surface area contributed by atoms with Crippen molar-refractivity contribution in [3.63, 3.8) is 0 Å². The number of unbranched alkanes of at least 4 members (excludes halogenated alkanes) is 1. The number of rotatable bonds is 7. The number of carbonyl (C=O) groups excluding carboxylic acids is 2. The first kappa shape index (κ1) is 25.1. The Morgan fingerprint density at radius 2 is 1.50 bits per heavy atom. The molecule has 2 N–H and O–H groups in total. The van der Waals surface area contributed by atoms with E-state index in [1.54, 1.807) is 0 Å². The monoisotopic (exact) mass is 462 g/mol. The van der Waals surface area contributed by atoms with Gasteiger partial charge >= 0.3 is 12.4 Å². The van der Waals surface area contributed by atoms with Crippen LogP contribution < -0.4 is 10.6 Å². The molecule has 1 atom stereocenters. The van der Waals surface area contributed by atoms with Crippen LogP contribution >= 0.6 is 0 Å². The highest BCUT2D eigenvalue weighted by atomic mass is 19.4. The first-order valence-electron chi connectivity index (χ1n) is 9.54. The fourth-order valence-electron chi connectivity index (χ4n) is 2.74. The van der Waals surface area contributed by atoms with Crippen LogP contribution in [0.15, 0.2) is 30.6 Å². The predicted molar refractivity (Wildman–Crippen MR) is 102 cm³/mol. The van der Waals surface area contributed by atoms with E-state index in [9.17, 15) is 35.9 Å². The quantitative estimate of drug-likeness (QED) is 0.468. The summed E-state index contributed by atoms with van der Waals surface area (Å²) in [6.07, 6.45) is -6.14. The Bertz CT molecular complexity index is 943. The van der Waals surface area contributed by atoms with Crippen LogP contribution in [0, 0.1) is 0 Å². The third-order valence-electron chi connectivity index (χ3n) is 4.37. The van der Waals surface area contributed by atoms with E-state index >= 15 is 0 Å². The van der Waals surface area contributed by atoms with Crippen LogP contribution in [-0.4, -0.2) is 28.3 Å². The molecule has 0 bridgehead atoms. The van der Waals surface area contributed by atoms with E-state index in [1.165, 1.54) is 19.3 Å². The SMILES string of the molecule is CCCCNC(=O)c1nccnc1C(C)NC(=O)c1cc(C(F)(F)F)cc(C(F)(F)F)c1. The predicted octanol–water partition coefficient (Wildman–Crippen LogP) is 4.54. The van der Waals surface area contributed by atoms with Crippen LogP contribution in [0.25, 0.3) is 0 Å². The Hall–Kier alpha value is -3.18. The molecule has 1 heterocycles. The number of nitrogens with one attached hydrogen (secondary N) is 2. The van der Waals surface area contributed by atoms with Gasteiger partial charge < -0.3 is 10.6 Å². The van der Waals surface area contributed by atoms with Crippen LogP contribution in [0.3, 0.4) is 0 Å². The smallest absolute Gasteiger partial charge is 0.351 e. The summed E-state index contributed by atoms with van der Waals surface area (Å²) in [7, 11) is 0. The molecule has 12 heteroatoms. The van der Waals surface area contributed by atoms with Crippen LogP contribution in [0.2, 0.25) is 0 Å². The van der Waals surface area contributed by atoms with Gasteiger partial charge in [-0.25, -0.2) is 4.98 Å². The lowest BCUT2D eigenvalue weighted by Crippen LogP contribution is -2.32. The summed E-state index contributed by atoms with van der Waals surface area (Å²) in [5, 5.41) is 4.90. The summed E-state index contributed by atoms with van der Waals surface area (Å²) in [5.74, 6) is -1.77. The molecule has 0 aliphatic heterocycles. The zero-order chi connectivity index (χ0) is 24.1. The topological polar surface area (TPSA) is 84.0 Å². The van der Waals surface area contributed by atoms with E-state index in [0.717, 1.165) is 6.42 Å². The van der Waals surface area contributed by atoms with Crippen molar-refractivity contribution in [3.8, 4) is 0 Å². The molecule has 2 rings (SSSR count). The highest BCUT2D eigenvalue weighted by Gasteiger charge is 2.37. The summed E-state index contributed by atoms with van der Waals surface area (Å²) in [5.41, 5.74) is -4.16. The highest BCUT2D eigenvalue weighted by Crippen LogP contribution is 2.36. The maximum Gasteiger partial charge on any atom is 0.416 e. The van der Waals surface area contributed by atoms with Crippen molar-refractivity contribution >= 4 is 11.8 Å². The lowest BCUT2D eigenvalue weighted by molar-refractivity contribution is -0.143. The van der Waals surface area contributed by atoms with Gasteiger partial charge in [0.05, 0.1) is 22.9 Å². The van der Waals surface area contributed by atoms with E-state index in [4.69, 9.17) is 0 Å².